The monoisotopic (exact) mass is 361 g/mol. The summed E-state index contributed by atoms with van der Waals surface area (Å²) < 4.78 is 10.7. The van der Waals surface area contributed by atoms with E-state index in [1.54, 1.807) is 14.2 Å². The van der Waals surface area contributed by atoms with Gasteiger partial charge in [0.25, 0.3) is 0 Å². The molecule has 1 aliphatic heterocycles. The maximum atomic E-state index is 10.3. The maximum Gasteiger partial charge on any atom is 0.160 e. The predicted octanol–water partition coefficient (Wildman–Crippen LogP) is 3.27. The van der Waals surface area contributed by atoms with Gasteiger partial charge in [-0.2, -0.15) is 0 Å². The van der Waals surface area contributed by atoms with Crippen LogP contribution in [0.1, 0.15) is 17.0 Å². The lowest BCUT2D eigenvalue weighted by molar-refractivity contribution is 0.126. The van der Waals surface area contributed by atoms with Crippen LogP contribution in [0.2, 0.25) is 5.02 Å². The van der Waals surface area contributed by atoms with Crippen molar-refractivity contribution in [3.05, 3.63) is 58.6 Å². The van der Waals surface area contributed by atoms with Crippen molar-refractivity contribution in [2.45, 2.75) is 12.3 Å². The zero-order chi connectivity index (χ0) is 17.9. The largest absolute Gasteiger partial charge is 0.493 e. The molecule has 0 amide bonds. The molecule has 4 nitrogen and oxygen atoms in total. The molecule has 25 heavy (non-hydrogen) atoms. The first kappa shape index (κ1) is 18.1. The highest BCUT2D eigenvalue weighted by molar-refractivity contribution is 6.30. The Labute approximate surface area is 153 Å². The van der Waals surface area contributed by atoms with Crippen LogP contribution in [0.4, 0.5) is 0 Å². The lowest BCUT2D eigenvalue weighted by Gasteiger charge is -2.33. The number of aliphatic hydroxyl groups excluding tert-OH is 1. The van der Waals surface area contributed by atoms with Crippen LogP contribution in [0.25, 0.3) is 0 Å². The zero-order valence-corrected chi connectivity index (χ0v) is 15.3. The van der Waals surface area contributed by atoms with Gasteiger partial charge in [-0.25, -0.2) is 0 Å². The lowest BCUT2D eigenvalue weighted by atomic mass is 9.71. The van der Waals surface area contributed by atoms with E-state index in [0.717, 1.165) is 30.1 Å². The van der Waals surface area contributed by atoms with Crippen LogP contribution in [-0.2, 0) is 6.42 Å². The van der Waals surface area contributed by atoms with Gasteiger partial charge in [-0.1, -0.05) is 29.8 Å². The van der Waals surface area contributed by atoms with Crippen LogP contribution < -0.4 is 14.8 Å². The van der Waals surface area contributed by atoms with Gasteiger partial charge >= 0.3 is 0 Å². The first-order valence-corrected chi connectivity index (χ1v) is 8.77. The average Bonchev–Trinajstić information content (AvgIpc) is 3.06. The van der Waals surface area contributed by atoms with E-state index in [9.17, 15) is 5.11 Å². The van der Waals surface area contributed by atoms with E-state index >= 15 is 0 Å². The quantitative estimate of drug-likeness (QED) is 0.829. The Morgan fingerprint density at radius 2 is 1.84 bits per heavy atom. The molecule has 2 atom stereocenters. The number of benzene rings is 2. The van der Waals surface area contributed by atoms with Crippen molar-refractivity contribution in [2.24, 2.45) is 5.41 Å². The van der Waals surface area contributed by atoms with Crippen LogP contribution in [0.15, 0.2) is 42.5 Å². The van der Waals surface area contributed by atoms with Gasteiger partial charge in [-0.05, 0) is 41.8 Å². The molecule has 5 heteroatoms. The summed E-state index contributed by atoms with van der Waals surface area (Å²) in [6, 6.07) is 13.9. The van der Waals surface area contributed by atoms with E-state index in [4.69, 9.17) is 21.1 Å². The molecule has 2 aromatic carbocycles. The number of halogens is 1. The summed E-state index contributed by atoms with van der Waals surface area (Å²) in [5, 5.41) is 14.4. The summed E-state index contributed by atoms with van der Waals surface area (Å²) in [4.78, 5) is 0. The molecule has 2 aromatic rings. The molecule has 0 radical (unpaired) electrons. The molecule has 0 aliphatic carbocycles. The number of nitrogens with one attached hydrogen (secondary N) is 1. The van der Waals surface area contributed by atoms with Gasteiger partial charge in [0.2, 0.25) is 0 Å². The fourth-order valence-corrected chi connectivity index (χ4v) is 3.90. The number of aliphatic hydroxyl groups is 1. The molecule has 0 bridgehead atoms. The van der Waals surface area contributed by atoms with Crippen LogP contribution in [0.3, 0.4) is 0 Å². The van der Waals surface area contributed by atoms with E-state index in [1.807, 2.05) is 30.3 Å². The molecular formula is C20H24ClNO3. The van der Waals surface area contributed by atoms with E-state index in [0.29, 0.717) is 11.5 Å². The van der Waals surface area contributed by atoms with Gasteiger partial charge in [0.15, 0.2) is 11.5 Å². The molecule has 0 aromatic heterocycles. The standard InChI is InChI=1S/C20H24ClNO3/c1-24-18-8-3-14(9-19(18)25-2)10-20(13-23)12-22-11-17(20)15-4-6-16(21)7-5-15/h3-9,17,22-23H,10-13H2,1-2H3. The first-order valence-electron chi connectivity index (χ1n) is 8.40. The SMILES string of the molecule is COc1ccc(CC2(CO)CNCC2c2ccc(Cl)cc2)cc1OC. The number of methoxy groups -OCH3 is 2. The Morgan fingerprint density at radius 3 is 2.48 bits per heavy atom. The number of ether oxygens (including phenoxy) is 2. The minimum absolute atomic E-state index is 0.113. The van der Waals surface area contributed by atoms with Crippen LogP contribution in [0, 0.1) is 5.41 Å². The molecular weight excluding hydrogens is 338 g/mol. The zero-order valence-electron chi connectivity index (χ0n) is 14.6. The third-order valence-electron chi connectivity index (χ3n) is 5.16. The molecule has 0 saturated carbocycles. The number of hydrogen-bond acceptors (Lipinski definition) is 4. The summed E-state index contributed by atoms with van der Waals surface area (Å²) in [7, 11) is 3.27. The van der Waals surface area contributed by atoms with Crippen molar-refractivity contribution in [2.75, 3.05) is 33.9 Å². The van der Waals surface area contributed by atoms with Crippen molar-refractivity contribution in [1.82, 2.24) is 5.32 Å². The van der Waals surface area contributed by atoms with Crippen LogP contribution in [-0.4, -0.2) is 39.0 Å². The summed E-state index contributed by atoms with van der Waals surface area (Å²) in [5.41, 5.74) is 2.06. The molecule has 1 fully saturated rings. The highest BCUT2D eigenvalue weighted by atomic mass is 35.5. The predicted molar refractivity (Wildman–Crippen MR) is 99.8 cm³/mol. The van der Waals surface area contributed by atoms with Crippen LogP contribution >= 0.6 is 11.6 Å². The highest BCUT2D eigenvalue weighted by Crippen LogP contribution is 2.42. The van der Waals surface area contributed by atoms with Gasteiger partial charge in [-0.3, -0.25) is 0 Å². The summed E-state index contributed by atoms with van der Waals surface area (Å²) in [6.45, 7) is 1.72. The molecule has 2 N–H and O–H groups in total. The van der Waals surface area contributed by atoms with Crippen molar-refractivity contribution >= 4 is 11.6 Å². The Morgan fingerprint density at radius 1 is 1.12 bits per heavy atom. The van der Waals surface area contributed by atoms with Crippen molar-refractivity contribution in [3.8, 4) is 11.5 Å². The van der Waals surface area contributed by atoms with Gasteiger partial charge in [-0.15, -0.1) is 0 Å². The lowest BCUT2D eigenvalue weighted by Crippen LogP contribution is -2.35. The highest BCUT2D eigenvalue weighted by Gasteiger charge is 2.43. The first-order chi connectivity index (χ1) is 12.1. The maximum absolute atomic E-state index is 10.3. The normalized spacial score (nSPS) is 22.8. The van der Waals surface area contributed by atoms with Crippen molar-refractivity contribution < 1.29 is 14.6 Å². The Balaban J connectivity index is 1.90. The second kappa shape index (κ2) is 7.65. The van der Waals surface area contributed by atoms with Gasteiger partial charge in [0.05, 0.1) is 20.8 Å². The Bertz CT molecular complexity index is 719. The van der Waals surface area contributed by atoms with Crippen molar-refractivity contribution in [1.29, 1.82) is 0 Å². The summed E-state index contributed by atoms with van der Waals surface area (Å²) in [6.07, 6.45) is 0.754. The molecule has 134 valence electrons. The van der Waals surface area contributed by atoms with Crippen molar-refractivity contribution in [3.63, 3.8) is 0 Å². The molecule has 1 saturated heterocycles. The van der Waals surface area contributed by atoms with E-state index < -0.39 is 0 Å². The molecule has 0 spiro atoms. The number of hydrogen-bond donors (Lipinski definition) is 2. The summed E-state index contributed by atoms with van der Waals surface area (Å²) >= 11 is 6.02. The topological polar surface area (TPSA) is 50.7 Å². The van der Waals surface area contributed by atoms with Gasteiger partial charge in [0.1, 0.15) is 0 Å². The third kappa shape index (κ3) is 3.61. The minimum atomic E-state index is -0.257. The third-order valence-corrected chi connectivity index (χ3v) is 5.41. The molecule has 3 rings (SSSR count). The van der Waals surface area contributed by atoms with Gasteiger partial charge in [0, 0.05) is 29.4 Å². The van der Waals surface area contributed by atoms with E-state index in [2.05, 4.69) is 17.4 Å². The smallest absolute Gasteiger partial charge is 0.160 e. The minimum Gasteiger partial charge on any atom is -0.493 e. The Kier molecular flexibility index (Phi) is 5.52. The fourth-order valence-electron chi connectivity index (χ4n) is 3.78. The van der Waals surface area contributed by atoms with E-state index in [-0.39, 0.29) is 17.9 Å². The average molecular weight is 362 g/mol. The molecule has 1 aliphatic rings. The Hall–Kier alpha value is -1.75. The molecule has 2 unspecified atom stereocenters. The second-order valence-corrected chi connectivity index (χ2v) is 7.06. The van der Waals surface area contributed by atoms with E-state index in [1.165, 1.54) is 5.56 Å². The number of rotatable bonds is 6. The molecule has 1 heterocycles. The summed E-state index contributed by atoms with van der Waals surface area (Å²) in [5.74, 6) is 1.65. The van der Waals surface area contributed by atoms with Crippen LogP contribution in [0.5, 0.6) is 11.5 Å². The van der Waals surface area contributed by atoms with Gasteiger partial charge < -0.3 is 19.9 Å². The second-order valence-electron chi connectivity index (χ2n) is 6.62. The fraction of sp³-hybridized carbons (Fsp3) is 0.400.